The minimum atomic E-state index is -0.413. The number of H-pyrrole nitrogens is 1. The second kappa shape index (κ2) is 7.00. The summed E-state index contributed by atoms with van der Waals surface area (Å²) in [5.74, 6) is 1.68. The second-order valence-electron chi connectivity index (χ2n) is 6.61. The monoisotopic (exact) mass is 369 g/mol. The SMILES string of the molecule is CN(CCc1nc2ccc(Cl)cc2[nH]1)C(=O)[C@H]1CCc2ccccc2O1. The molecule has 1 aliphatic heterocycles. The molecule has 3 aromatic rings. The third-order valence-corrected chi connectivity index (χ3v) is 4.98. The van der Waals surface area contributed by atoms with Crippen LogP contribution in [-0.4, -0.2) is 40.5 Å². The summed E-state index contributed by atoms with van der Waals surface area (Å²) in [5.41, 5.74) is 2.96. The van der Waals surface area contributed by atoms with Gasteiger partial charge in [0.1, 0.15) is 11.6 Å². The van der Waals surface area contributed by atoms with Crippen molar-refractivity contribution in [2.24, 2.45) is 0 Å². The minimum Gasteiger partial charge on any atom is -0.480 e. The zero-order valence-electron chi connectivity index (χ0n) is 14.5. The lowest BCUT2D eigenvalue weighted by atomic mass is 10.0. The van der Waals surface area contributed by atoms with Crippen molar-refractivity contribution in [2.45, 2.75) is 25.4 Å². The fourth-order valence-electron chi connectivity index (χ4n) is 3.28. The smallest absolute Gasteiger partial charge is 0.263 e. The number of fused-ring (bicyclic) bond motifs is 2. The van der Waals surface area contributed by atoms with Gasteiger partial charge in [0.2, 0.25) is 0 Å². The predicted molar refractivity (Wildman–Crippen MR) is 102 cm³/mol. The van der Waals surface area contributed by atoms with Crippen LogP contribution >= 0.6 is 11.6 Å². The number of hydrogen-bond acceptors (Lipinski definition) is 3. The molecule has 1 amide bonds. The molecule has 1 aromatic heterocycles. The van der Waals surface area contributed by atoms with E-state index in [4.69, 9.17) is 16.3 Å². The molecule has 134 valence electrons. The van der Waals surface area contributed by atoms with Crippen LogP contribution in [0.4, 0.5) is 0 Å². The van der Waals surface area contributed by atoms with Gasteiger partial charge in [0.15, 0.2) is 6.10 Å². The van der Waals surface area contributed by atoms with Crippen LogP contribution in [0.25, 0.3) is 11.0 Å². The number of para-hydroxylation sites is 1. The molecule has 4 rings (SSSR count). The molecule has 5 nitrogen and oxygen atoms in total. The molecule has 26 heavy (non-hydrogen) atoms. The van der Waals surface area contributed by atoms with Gasteiger partial charge >= 0.3 is 0 Å². The molecule has 0 bridgehead atoms. The fraction of sp³-hybridized carbons (Fsp3) is 0.300. The van der Waals surface area contributed by atoms with Crippen molar-refractivity contribution < 1.29 is 9.53 Å². The summed E-state index contributed by atoms with van der Waals surface area (Å²) < 4.78 is 5.90. The number of aromatic nitrogens is 2. The third kappa shape index (κ3) is 3.40. The lowest BCUT2D eigenvalue weighted by Gasteiger charge is -2.28. The predicted octanol–water partition coefficient (Wildman–Crippen LogP) is 3.61. The molecular weight excluding hydrogens is 350 g/mol. The maximum atomic E-state index is 12.7. The molecule has 1 aliphatic rings. The van der Waals surface area contributed by atoms with Crippen LogP contribution in [0.1, 0.15) is 17.8 Å². The highest BCUT2D eigenvalue weighted by Crippen LogP contribution is 2.27. The quantitative estimate of drug-likeness (QED) is 0.764. The van der Waals surface area contributed by atoms with Crippen molar-refractivity contribution in [2.75, 3.05) is 13.6 Å². The number of nitrogens with zero attached hydrogens (tertiary/aromatic N) is 2. The Balaban J connectivity index is 1.38. The Morgan fingerprint density at radius 3 is 3.08 bits per heavy atom. The molecular formula is C20H20ClN3O2. The number of ether oxygens (including phenoxy) is 1. The summed E-state index contributed by atoms with van der Waals surface area (Å²) in [6, 6.07) is 13.5. The number of aryl methyl sites for hydroxylation is 1. The van der Waals surface area contributed by atoms with Crippen molar-refractivity contribution in [3.05, 3.63) is 58.9 Å². The topological polar surface area (TPSA) is 58.2 Å². The third-order valence-electron chi connectivity index (χ3n) is 4.75. The maximum absolute atomic E-state index is 12.7. The van der Waals surface area contributed by atoms with Gasteiger partial charge < -0.3 is 14.6 Å². The van der Waals surface area contributed by atoms with Gasteiger partial charge in [-0.3, -0.25) is 4.79 Å². The summed E-state index contributed by atoms with van der Waals surface area (Å²) in [7, 11) is 1.81. The van der Waals surface area contributed by atoms with E-state index in [0.29, 0.717) is 24.4 Å². The van der Waals surface area contributed by atoms with Crippen molar-refractivity contribution in [1.29, 1.82) is 0 Å². The van der Waals surface area contributed by atoms with E-state index in [1.807, 2.05) is 49.5 Å². The number of amides is 1. The summed E-state index contributed by atoms with van der Waals surface area (Å²) in [5, 5.41) is 0.676. The van der Waals surface area contributed by atoms with E-state index in [1.54, 1.807) is 4.90 Å². The highest BCUT2D eigenvalue weighted by atomic mass is 35.5. The first-order chi connectivity index (χ1) is 12.6. The molecule has 1 N–H and O–H groups in total. The van der Waals surface area contributed by atoms with E-state index in [-0.39, 0.29) is 5.91 Å². The van der Waals surface area contributed by atoms with Gasteiger partial charge in [-0.25, -0.2) is 4.98 Å². The second-order valence-corrected chi connectivity index (χ2v) is 7.04. The van der Waals surface area contributed by atoms with Gasteiger partial charge in [-0.1, -0.05) is 29.8 Å². The number of halogens is 1. The number of carbonyl (C=O) groups is 1. The van der Waals surface area contributed by atoms with Gasteiger partial charge in [0.05, 0.1) is 11.0 Å². The molecule has 0 unspecified atom stereocenters. The standard InChI is InChI=1S/C20H20ClN3O2/c1-24(11-10-19-22-15-8-7-14(21)12-16(15)23-19)20(25)18-9-6-13-4-2-3-5-17(13)26-18/h2-5,7-8,12,18H,6,9-11H2,1H3,(H,22,23)/t18-/m1/s1. The number of rotatable bonds is 4. The summed E-state index contributed by atoms with van der Waals surface area (Å²) in [6.45, 7) is 0.577. The van der Waals surface area contributed by atoms with E-state index >= 15 is 0 Å². The molecule has 0 saturated carbocycles. The number of hydrogen-bond donors (Lipinski definition) is 1. The molecule has 6 heteroatoms. The Bertz CT molecular complexity index is 953. The van der Waals surface area contributed by atoms with Gasteiger partial charge in [-0.05, 0) is 42.7 Å². The Morgan fingerprint density at radius 1 is 1.35 bits per heavy atom. The van der Waals surface area contributed by atoms with E-state index in [0.717, 1.165) is 29.0 Å². The number of carbonyl (C=O) groups excluding carboxylic acids is 1. The average Bonchev–Trinajstić information content (AvgIpc) is 3.07. The minimum absolute atomic E-state index is 0.0126. The van der Waals surface area contributed by atoms with Crippen LogP contribution in [0.15, 0.2) is 42.5 Å². The Labute approximate surface area is 156 Å². The van der Waals surface area contributed by atoms with E-state index in [9.17, 15) is 4.79 Å². The van der Waals surface area contributed by atoms with E-state index < -0.39 is 6.10 Å². The molecule has 0 spiro atoms. The molecule has 2 heterocycles. The molecule has 0 saturated heterocycles. The highest BCUT2D eigenvalue weighted by molar-refractivity contribution is 6.31. The van der Waals surface area contributed by atoms with Crippen LogP contribution in [-0.2, 0) is 17.6 Å². The Kier molecular flexibility index (Phi) is 4.55. The van der Waals surface area contributed by atoms with Crippen LogP contribution in [0.2, 0.25) is 5.02 Å². The maximum Gasteiger partial charge on any atom is 0.263 e. The lowest BCUT2D eigenvalue weighted by Crippen LogP contribution is -2.42. The summed E-state index contributed by atoms with van der Waals surface area (Å²) >= 11 is 6.00. The van der Waals surface area contributed by atoms with E-state index in [2.05, 4.69) is 9.97 Å². The highest BCUT2D eigenvalue weighted by Gasteiger charge is 2.28. The number of benzene rings is 2. The molecule has 0 fully saturated rings. The molecule has 0 radical (unpaired) electrons. The number of aromatic amines is 1. The number of imidazole rings is 1. The van der Waals surface area contributed by atoms with Crippen LogP contribution in [0, 0.1) is 0 Å². The largest absolute Gasteiger partial charge is 0.480 e. The first kappa shape index (κ1) is 16.9. The average molecular weight is 370 g/mol. The van der Waals surface area contributed by atoms with Crippen molar-refractivity contribution in [3.63, 3.8) is 0 Å². The molecule has 2 aromatic carbocycles. The van der Waals surface area contributed by atoms with Gasteiger partial charge in [-0.15, -0.1) is 0 Å². The Hall–Kier alpha value is -2.53. The zero-order valence-corrected chi connectivity index (χ0v) is 15.3. The van der Waals surface area contributed by atoms with E-state index in [1.165, 1.54) is 5.56 Å². The molecule has 1 atom stereocenters. The van der Waals surface area contributed by atoms with Crippen molar-refractivity contribution in [3.8, 4) is 5.75 Å². The van der Waals surface area contributed by atoms with Crippen molar-refractivity contribution in [1.82, 2.24) is 14.9 Å². The zero-order chi connectivity index (χ0) is 18.1. The molecule has 0 aliphatic carbocycles. The van der Waals surface area contributed by atoms with Gasteiger partial charge in [-0.2, -0.15) is 0 Å². The summed E-state index contributed by atoms with van der Waals surface area (Å²) in [6.07, 6.45) is 1.82. The van der Waals surface area contributed by atoms with Crippen molar-refractivity contribution >= 4 is 28.5 Å². The fourth-order valence-corrected chi connectivity index (χ4v) is 3.45. The van der Waals surface area contributed by atoms with Crippen LogP contribution < -0.4 is 4.74 Å². The Morgan fingerprint density at radius 2 is 2.19 bits per heavy atom. The lowest BCUT2D eigenvalue weighted by molar-refractivity contribution is -0.138. The van der Waals surface area contributed by atoms with Crippen LogP contribution in [0.5, 0.6) is 5.75 Å². The number of likely N-dealkylation sites (N-methyl/N-ethyl adjacent to an activating group) is 1. The normalized spacial score (nSPS) is 16.2. The van der Waals surface area contributed by atoms with Gasteiger partial charge in [0, 0.05) is 25.0 Å². The first-order valence-electron chi connectivity index (χ1n) is 8.74. The number of nitrogens with one attached hydrogen (secondary N) is 1. The van der Waals surface area contributed by atoms with Gasteiger partial charge in [0.25, 0.3) is 5.91 Å². The van der Waals surface area contributed by atoms with Crippen LogP contribution in [0.3, 0.4) is 0 Å². The summed E-state index contributed by atoms with van der Waals surface area (Å²) in [4.78, 5) is 22.2. The first-order valence-corrected chi connectivity index (χ1v) is 9.11.